The number of aliphatic hydroxyl groups is 2. The molecule has 2 N–H and O–H groups in total. The summed E-state index contributed by atoms with van der Waals surface area (Å²) in [6.07, 6.45) is -17.3. The number of carbonyl (C=O) groups is 1. The lowest BCUT2D eigenvalue weighted by Gasteiger charge is -2.26. The van der Waals surface area contributed by atoms with E-state index in [0.29, 0.717) is 0 Å². The highest BCUT2D eigenvalue weighted by molar-refractivity contribution is 5.95. The van der Waals surface area contributed by atoms with Gasteiger partial charge >= 0.3 is 6.29 Å². The number of hydrogen-bond acceptors (Lipinski definition) is 5. The Morgan fingerprint density at radius 1 is 1.27 bits per heavy atom. The number of aliphatic hydroxyl groups excluding tert-OH is 1. The second kappa shape index (κ2) is 8.77. The number of carbonyl (C=O) groups excluding carboxylic acids is 1. The van der Waals surface area contributed by atoms with Crippen LogP contribution in [0.1, 0.15) is 74.5 Å². The monoisotopic (exact) mass is 530 g/mol. The van der Waals surface area contributed by atoms with Gasteiger partial charge < -0.3 is 24.3 Å². The van der Waals surface area contributed by atoms with Gasteiger partial charge in [-0.2, -0.15) is 0 Å². The first-order chi connectivity index (χ1) is 22.5. The molecule has 0 radical (unpaired) electrons. The van der Waals surface area contributed by atoms with Crippen LogP contribution in [0.4, 0.5) is 13.2 Å². The van der Waals surface area contributed by atoms with Gasteiger partial charge in [0.25, 0.3) is 0 Å². The predicted molar refractivity (Wildman–Crippen MR) is 131 cm³/mol. The van der Waals surface area contributed by atoms with Crippen molar-refractivity contribution in [3.63, 3.8) is 0 Å². The third-order valence-electron chi connectivity index (χ3n) is 6.22. The molecule has 1 aliphatic heterocycles. The molecule has 1 aliphatic carbocycles. The molecule has 5 rings (SSSR count). The summed E-state index contributed by atoms with van der Waals surface area (Å²) in [5.74, 6) is -5.52. The molecule has 1 aromatic heterocycles. The number of hydrogen-bond donors (Lipinski definition) is 2. The summed E-state index contributed by atoms with van der Waals surface area (Å²) < 4.78 is 163. The lowest BCUT2D eigenvalue weighted by atomic mass is 9.86. The number of aromatic nitrogens is 1. The summed E-state index contributed by atoms with van der Waals surface area (Å²) >= 11 is 0. The Labute approximate surface area is 230 Å². The van der Waals surface area contributed by atoms with Gasteiger partial charge in [-0.25, -0.2) is 4.39 Å². The van der Waals surface area contributed by atoms with Crippen LogP contribution in [0.2, 0.25) is 0 Å². The Hall–Kier alpha value is -3.04. The minimum Gasteiger partial charge on any atom is -0.395 e. The maximum atomic E-state index is 16.2. The van der Waals surface area contributed by atoms with E-state index in [4.69, 9.17) is 17.8 Å². The van der Waals surface area contributed by atoms with Crippen molar-refractivity contribution in [1.82, 2.24) is 4.57 Å². The maximum Gasteiger partial charge on any atom is 0.586 e. The molecular formula is C28H30F3NO5. The highest BCUT2D eigenvalue weighted by Crippen LogP contribution is 2.52. The number of halogens is 3. The zero-order valence-electron chi connectivity index (χ0n) is 32.8. The number of alkyl halides is 2. The zero-order chi connectivity index (χ0) is 38.3. The van der Waals surface area contributed by atoms with Gasteiger partial charge in [0, 0.05) is 31.1 Å². The second-order valence-corrected chi connectivity index (χ2v) is 9.10. The first-order valence-electron chi connectivity index (χ1n) is 17.6. The first kappa shape index (κ1) is 14.2. The Morgan fingerprint density at radius 2 is 1.97 bits per heavy atom. The third kappa shape index (κ3) is 4.48. The van der Waals surface area contributed by atoms with Crippen molar-refractivity contribution in [3.8, 4) is 11.5 Å². The summed E-state index contributed by atoms with van der Waals surface area (Å²) in [5, 5.41) is 19.4. The van der Waals surface area contributed by atoms with E-state index in [-0.39, 0.29) is 5.69 Å². The smallest absolute Gasteiger partial charge is 0.395 e. The van der Waals surface area contributed by atoms with Crippen LogP contribution < -0.4 is 9.47 Å². The quantitative estimate of drug-likeness (QED) is 0.408. The molecule has 3 aromatic rings. The molecule has 0 bridgehead atoms. The van der Waals surface area contributed by atoms with Gasteiger partial charge in [0.1, 0.15) is 11.6 Å². The van der Waals surface area contributed by atoms with Crippen LogP contribution in [-0.2, 0) is 28.6 Å². The second-order valence-electron chi connectivity index (χ2n) is 9.10. The molecule has 0 amide bonds. The lowest BCUT2D eigenvalue weighted by molar-refractivity contribution is -0.286. The lowest BCUT2D eigenvalue weighted by Crippen LogP contribution is -2.26. The number of nitrogens with zero attached hydrogens (tertiary/aromatic N) is 1. The highest BCUT2D eigenvalue weighted by atomic mass is 19.3. The van der Waals surface area contributed by atoms with Gasteiger partial charge in [-0.05, 0) is 60.5 Å². The zero-order valence-corrected chi connectivity index (χ0v) is 19.8. The molecule has 1 saturated carbocycles. The molecule has 1 atom stereocenters. The van der Waals surface area contributed by atoms with Crippen molar-refractivity contribution in [2.24, 2.45) is 0 Å². The largest absolute Gasteiger partial charge is 0.586 e. The van der Waals surface area contributed by atoms with E-state index in [2.05, 4.69) is 9.47 Å². The van der Waals surface area contributed by atoms with Gasteiger partial charge in [-0.1, -0.05) is 26.8 Å². The Morgan fingerprint density at radius 3 is 2.62 bits per heavy atom. The average Bonchev–Trinajstić information content (AvgIpc) is 3.25. The van der Waals surface area contributed by atoms with Crippen molar-refractivity contribution in [3.05, 3.63) is 58.9 Å². The molecule has 1 fully saturated rings. The van der Waals surface area contributed by atoms with Crippen molar-refractivity contribution in [2.45, 2.75) is 76.1 Å². The van der Waals surface area contributed by atoms with Gasteiger partial charge in [0.15, 0.2) is 11.5 Å². The SMILES string of the molecule is [2H]c1c([2H])c(C2(C(=O)Cc3c(F)c([2H])c4c(c3[2H])c([2H])c(C(C)(C)C([2H])([2H])C)n4C[C@]([2H])(O)CO)C([2H])([2H])C2([2H])[2H])c([2H])c2c1OC(F)(F)O2. The molecule has 9 heteroatoms. The molecular weight excluding hydrogens is 487 g/mol. The summed E-state index contributed by atoms with van der Waals surface area (Å²) in [7, 11) is 0. The van der Waals surface area contributed by atoms with Crippen LogP contribution in [0.25, 0.3) is 10.9 Å². The van der Waals surface area contributed by atoms with Crippen LogP contribution in [0.15, 0.2) is 36.3 Å². The first-order valence-corrected chi connectivity index (χ1v) is 11.1. The van der Waals surface area contributed by atoms with E-state index < -0.39 is 143 Å². The minimum absolute atomic E-state index is 0.326. The van der Waals surface area contributed by atoms with Gasteiger partial charge in [-0.3, -0.25) is 4.79 Å². The topological polar surface area (TPSA) is 80.9 Å². The number of fused-ring (bicyclic) bond motifs is 2. The number of Topliss-reactive ketones (excluding diaryl/α,β-unsaturated/α-hetero) is 1. The molecule has 198 valence electrons. The highest BCUT2D eigenvalue weighted by Gasteiger charge is 2.52. The van der Waals surface area contributed by atoms with Crippen molar-refractivity contribution >= 4 is 16.7 Å². The van der Waals surface area contributed by atoms with Crippen molar-refractivity contribution in [1.29, 1.82) is 0 Å². The van der Waals surface area contributed by atoms with Crippen LogP contribution in [-0.4, -0.2) is 39.5 Å². The van der Waals surface area contributed by atoms with Crippen molar-refractivity contribution in [2.75, 3.05) is 6.61 Å². The number of ether oxygens (including phenoxy) is 2. The van der Waals surface area contributed by atoms with Gasteiger partial charge in [0.2, 0.25) is 0 Å². The molecule has 0 unspecified atom stereocenters. The Kier molecular flexibility index (Phi) is 3.37. The van der Waals surface area contributed by atoms with Crippen LogP contribution in [0, 0.1) is 5.82 Å². The molecule has 0 spiro atoms. The minimum atomic E-state index is -4.43. The fourth-order valence-electron chi connectivity index (χ4n) is 3.95. The molecule has 2 heterocycles. The van der Waals surface area contributed by atoms with E-state index in [9.17, 15) is 23.8 Å². The van der Waals surface area contributed by atoms with E-state index >= 15 is 4.39 Å². The van der Waals surface area contributed by atoms with Crippen LogP contribution >= 0.6 is 0 Å². The Balaban J connectivity index is 1.78. The molecule has 6 nitrogen and oxygen atoms in total. The van der Waals surface area contributed by atoms with E-state index in [1.165, 1.54) is 13.8 Å². The van der Waals surface area contributed by atoms with E-state index in [1.807, 2.05) is 0 Å². The summed E-state index contributed by atoms with van der Waals surface area (Å²) in [6.45, 7) is 1.67. The fraction of sp³-hybridized carbons (Fsp3) is 0.464. The fourth-order valence-corrected chi connectivity index (χ4v) is 3.95. The Bertz CT molecular complexity index is 1980. The molecule has 37 heavy (non-hydrogen) atoms. The standard InChI is InChI=1S/C28H30F3NO5/c1-4-26(2,3)24-10-17-9-16(20(29)13-21(17)32(24)14-19(34)15-33)11-25(35)27(7-8-27)18-5-6-22-23(12-18)37-28(30,31)36-22/h5-6,9-10,12-13,19,33-34H,4,7-8,11,14-15H2,1-3H3/t19-/m0/s1/i4D2,5D,6D,7D2,8D2,9D,10D,12D,13D,19D. The van der Waals surface area contributed by atoms with E-state index in [0.717, 1.165) is 11.5 Å². The number of rotatable bonds is 9. The normalized spacial score (nSPS) is 27.3. The third-order valence-corrected chi connectivity index (χ3v) is 6.22. The van der Waals surface area contributed by atoms with Crippen LogP contribution in [0.3, 0.4) is 0 Å². The maximum absolute atomic E-state index is 16.2. The number of ketones is 1. The average molecular weight is 531 g/mol. The van der Waals surface area contributed by atoms with Crippen molar-refractivity contribution < 1.29 is 55.5 Å². The summed E-state index contributed by atoms with van der Waals surface area (Å²) in [5.41, 5.74) is -8.03. The molecule has 2 aromatic carbocycles. The predicted octanol–water partition coefficient (Wildman–Crippen LogP) is 4.99. The summed E-state index contributed by atoms with van der Waals surface area (Å²) in [4.78, 5) is 14.2. The molecule has 0 saturated heterocycles. The van der Waals surface area contributed by atoms with E-state index in [1.54, 1.807) is 0 Å². The summed E-state index contributed by atoms with van der Waals surface area (Å²) in [6, 6.07) is -6.50. The van der Waals surface area contributed by atoms with Crippen LogP contribution in [0.5, 0.6) is 11.5 Å². The van der Waals surface area contributed by atoms with Gasteiger partial charge in [-0.15, -0.1) is 8.78 Å². The van der Waals surface area contributed by atoms with Gasteiger partial charge in [0.05, 0.1) is 39.8 Å². The number of benzene rings is 2. The molecule has 2 aliphatic rings.